The van der Waals surface area contributed by atoms with E-state index in [4.69, 9.17) is 29.0 Å². The minimum atomic E-state index is -0.154. The van der Waals surface area contributed by atoms with Gasteiger partial charge in [-0.3, -0.25) is 5.84 Å². The van der Waals surface area contributed by atoms with Gasteiger partial charge in [0.25, 0.3) is 0 Å². The minimum absolute atomic E-state index is 0.154. The minimum Gasteiger partial charge on any atom is -0.271 e. The lowest BCUT2D eigenvalue weighted by molar-refractivity contribution is 0.637. The van der Waals surface area contributed by atoms with E-state index in [0.29, 0.717) is 10.0 Å². The lowest BCUT2D eigenvalue weighted by atomic mass is 9.99. The molecule has 2 rings (SSSR count). The SMILES string of the molecule is NNC(c1cccc(Cl)c1)c1cc(Cl)cc(Br)c1. The van der Waals surface area contributed by atoms with Crippen molar-refractivity contribution < 1.29 is 0 Å². The predicted molar refractivity (Wildman–Crippen MR) is 79.8 cm³/mol. The van der Waals surface area contributed by atoms with Gasteiger partial charge in [-0.25, -0.2) is 5.43 Å². The van der Waals surface area contributed by atoms with Crippen LogP contribution in [0.1, 0.15) is 17.2 Å². The second-order valence-electron chi connectivity index (χ2n) is 3.86. The Labute approximate surface area is 124 Å². The van der Waals surface area contributed by atoms with Crippen LogP contribution in [0.25, 0.3) is 0 Å². The largest absolute Gasteiger partial charge is 0.271 e. The van der Waals surface area contributed by atoms with Crippen LogP contribution in [0.5, 0.6) is 0 Å². The van der Waals surface area contributed by atoms with E-state index in [9.17, 15) is 0 Å². The summed E-state index contributed by atoms with van der Waals surface area (Å²) in [6.07, 6.45) is 0. The van der Waals surface area contributed by atoms with Crippen molar-refractivity contribution >= 4 is 39.1 Å². The first-order valence-electron chi connectivity index (χ1n) is 5.28. The third kappa shape index (κ3) is 3.25. The van der Waals surface area contributed by atoms with Gasteiger partial charge in [-0.05, 0) is 41.5 Å². The molecular formula is C13H11BrCl2N2. The molecule has 0 fully saturated rings. The first kappa shape index (κ1) is 13.8. The average molecular weight is 346 g/mol. The maximum atomic E-state index is 6.05. The van der Waals surface area contributed by atoms with E-state index in [1.54, 1.807) is 0 Å². The number of hydrogen-bond acceptors (Lipinski definition) is 2. The molecule has 5 heteroatoms. The molecule has 0 saturated heterocycles. The molecule has 1 unspecified atom stereocenters. The summed E-state index contributed by atoms with van der Waals surface area (Å²) >= 11 is 15.5. The second kappa shape index (κ2) is 6.04. The number of nitrogens with one attached hydrogen (secondary N) is 1. The maximum absolute atomic E-state index is 6.05. The molecule has 0 radical (unpaired) electrons. The van der Waals surface area contributed by atoms with Gasteiger partial charge in [0.05, 0.1) is 6.04 Å². The fraction of sp³-hybridized carbons (Fsp3) is 0.0769. The zero-order valence-electron chi connectivity index (χ0n) is 9.33. The molecule has 3 N–H and O–H groups in total. The molecule has 0 aromatic heterocycles. The predicted octanol–water partition coefficient (Wildman–Crippen LogP) is 4.31. The van der Waals surface area contributed by atoms with E-state index in [0.717, 1.165) is 15.6 Å². The molecule has 18 heavy (non-hydrogen) atoms. The molecule has 0 spiro atoms. The molecule has 0 saturated carbocycles. The van der Waals surface area contributed by atoms with Crippen molar-refractivity contribution in [2.45, 2.75) is 6.04 Å². The van der Waals surface area contributed by atoms with E-state index in [2.05, 4.69) is 21.4 Å². The number of hydrazine groups is 1. The van der Waals surface area contributed by atoms with Gasteiger partial charge in [0.15, 0.2) is 0 Å². The summed E-state index contributed by atoms with van der Waals surface area (Å²) in [6, 6.07) is 13.1. The number of rotatable bonds is 3. The highest BCUT2D eigenvalue weighted by molar-refractivity contribution is 9.10. The Hall–Kier alpha value is -0.580. The van der Waals surface area contributed by atoms with Gasteiger partial charge in [-0.1, -0.05) is 51.3 Å². The van der Waals surface area contributed by atoms with Crippen LogP contribution < -0.4 is 11.3 Å². The summed E-state index contributed by atoms with van der Waals surface area (Å²) in [5, 5.41) is 1.33. The Kier molecular flexibility index (Phi) is 4.65. The van der Waals surface area contributed by atoms with Crippen molar-refractivity contribution in [1.82, 2.24) is 5.43 Å². The summed E-state index contributed by atoms with van der Waals surface area (Å²) < 4.78 is 0.910. The molecule has 2 nitrogen and oxygen atoms in total. The lowest BCUT2D eigenvalue weighted by Crippen LogP contribution is -2.28. The van der Waals surface area contributed by atoms with Crippen LogP contribution in [0, 0.1) is 0 Å². The van der Waals surface area contributed by atoms with Crippen LogP contribution in [0.4, 0.5) is 0 Å². The van der Waals surface area contributed by atoms with Gasteiger partial charge in [-0.2, -0.15) is 0 Å². The fourth-order valence-corrected chi connectivity index (χ4v) is 2.90. The Morgan fingerprint density at radius 2 is 1.72 bits per heavy atom. The monoisotopic (exact) mass is 344 g/mol. The van der Waals surface area contributed by atoms with Gasteiger partial charge in [0, 0.05) is 14.5 Å². The topological polar surface area (TPSA) is 38.0 Å². The summed E-state index contributed by atoms with van der Waals surface area (Å²) in [7, 11) is 0. The van der Waals surface area contributed by atoms with Crippen LogP contribution in [0.15, 0.2) is 46.9 Å². The lowest BCUT2D eigenvalue weighted by Gasteiger charge is -2.17. The summed E-state index contributed by atoms with van der Waals surface area (Å²) in [4.78, 5) is 0. The zero-order chi connectivity index (χ0) is 13.1. The molecule has 2 aromatic carbocycles. The van der Waals surface area contributed by atoms with Gasteiger partial charge >= 0.3 is 0 Å². The number of nitrogens with two attached hydrogens (primary N) is 1. The summed E-state index contributed by atoms with van der Waals surface area (Å²) in [5.74, 6) is 5.64. The number of halogens is 3. The van der Waals surface area contributed by atoms with E-state index < -0.39 is 0 Å². The molecule has 0 amide bonds. The van der Waals surface area contributed by atoms with Crippen molar-refractivity contribution in [3.05, 3.63) is 68.1 Å². The van der Waals surface area contributed by atoms with Crippen molar-refractivity contribution in [1.29, 1.82) is 0 Å². The van der Waals surface area contributed by atoms with Crippen LogP contribution in [-0.4, -0.2) is 0 Å². The highest BCUT2D eigenvalue weighted by Crippen LogP contribution is 2.28. The molecule has 94 valence electrons. The Bertz CT molecular complexity index is 540. The molecule has 2 aromatic rings. The van der Waals surface area contributed by atoms with Crippen LogP contribution in [-0.2, 0) is 0 Å². The first-order chi connectivity index (χ1) is 8.60. The van der Waals surface area contributed by atoms with Crippen molar-refractivity contribution in [3.8, 4) is 0 Å². The Balaban J connectivity index is 2.45. The standard InChI is InChI=1S/C13H11BrCl2N2/c14-10-4-9(6-12(16)7-10)13(18-17)8-2-1-3-11(15)5-8/h1-7,13,18H,17H2. The first-order valence-corrected chi connectivity index (χ1v) is 6.82. The molecule has 0 aliphatic rings. The fourth-order valence-electron chi connectivity index (χ4n) is 1.81. The molecule has 0 aliphatic carbocycles. The van der Waals surface area contributed by atoms with E-state index >= 15 is 0 Å². The summed E-state index contributed by atoms with van der Waals surface area (Å²) in [5.41, 5.74) is 4.73. The van der Waals surface area contributed by atoms with Crippen molar-refractivity contribution in [2.75, 3.05) is 0 Å². The van der Waals surface area contributed by atoms with E-state index in [1.807, 2.05) is 42.5 Å². The quantitative estimate of drug-likeness (QED) is 0.642. The number of benzene rings is 2. The highest BCUT2D eigenvalue weighted by Gasteiger charge is 2.13. The maximum Gasteiger partial charge on any atom is 0.0711 e. The van der Waals surface area contributed by atoms with E-state index in [-0.39, 0.29) is 6.04 Å². The zero-order valence-corrected chi connectivity index (χ0v) is 12.4. The Morgan fingerprint density at radius 1 is 1.00 bits per heavy atom. The van der Waals surface area contributed by atoms with Gasteiger partial charge in [-0.15, -0.1) is 0 Å². The van der Waals surface area contributed by atoms with Gasteiger partial charge < -0.3 is 0 Å². The third-order valence-electron chi connectivity index (χ3n) is 2.57. The van der Waals surface area contributed by atoms with Crippen molar-refractivity contribution in [3.63, 3.8) is 0 Å². The van der Waals surface area contributed by atoms with Crippen LogP contribution >= 0.6 is 39.1 Å². The molecule has 0 bridgehead atoms. The molecule has 0 heterocycles. The second-order valence-corrected chi connectivity index (χ2v) is 5.65. The van der Waals surface area contributed by atoms with Gasteiger partial charge in [0.2, 0.25) is 0 Å². The number of hydrogen-bond donors (Lipinski definition) is 2. The average Bonchev–Trinajstić information content (AvgIpc) is 2.28. The van der Waals surface area contributed by atoms with Crippen LogP contribution in [0.3, 0.4) is 0 Å². The molecular weight excluding hydrogens is 335 g/mol. The van der Waals surface area contributed by atoms with Crippen LogP contribution in [0.2, 0.25) is 10.0 Å². The molecule has 0 aliphatic heterocycles. The normalized spacial score (nSPS) is 12.4. The third-order valence-corrected chi connectivity index (χ3v) is 3.48. The summed E-state index contributed by atoms with van der Waals surface area (Å²) in [6.45, 7) is 0. The molecule has 1 atom stereocenters. The van der Waals surface area contributed by atoms with E-state index in [1.165, 1.54) is 0 Å². The highest BCUT2D eigenvalue weighted by atomic mass is 79.9. The smallest absolute Gasteiger partial charge is 0.0711 e. The van der Waals surface area contributed by atoms with Crippen molar-refractivity contribution in [2.24, 2.45) is 5.84 Å². The van der Waals surface area contributed by atoms with Gasteiger partial charge in [0.1, 0.15) is 0 Å². The Morgan fingerprint density at radius 3 is 2.33 bits per heavy atom.